The summed E-state index contributed by atoms with van der Waals surface area (Å²) >= 11 is 0. The van der Waals surface area contributed by atoms with Crippen LogP contribution in [-0.2, 0) is 0 Å². The molecule has 0 saturated carbocycles. The van der Waals surface area contributed by atoms with Crippen LogP contribution in [0, 0.1) is 0 Å². The van der Waals surface area contributed by atoms with Crippen LogP contribution in [0.2, 0.25) is 0 Å². The van der Waals surface area contributed by atoms with Crippen LogP contribution in [0.15, 0.2) is 36.9 Å². The van der Waals surface area contributed by atoms with Crippen LogP contribution in [0.4, 0.5) is 0 Å². The molecule has 3 aromatic heterocycles. The van der Waals surface area contributed by atoms with Gasteiger partial charge >= 0.3 is 0 Å². The zero-order chi connectivity index (χ0) is 15.4. The van der Waals surface area contributed by atoms with Crippen molar-refractivity contribution >= 4 is 11.7 Å². The Morgan fingerprint density at radius 1 is 1.32 bits per heavy atom. The van der Waals surface area contributed by atoms with Crippen molar-refractivity contribution in [1.29, 1.82) is 0 Å². The van der Waals surface area contributed by atoms with Gasteiger partial charge in [-0.15, -0.1) is 5.10 Å². The molecule has 0 bridgehead atoms. The maximum absolute atomic E-state index is 12.1. The highest BCUT2D eigenvalue weighted by Crippen LogP contribution is 2.13. The number of rotatable bonds is 6. The lowest BCUT2D eigenvalue weighted by molar-refractivity contribution is 0.0941. The van der Waals surface area contributed by atoms with E-state index in [0.717, 1.165) is 12.8 Å². The lowest BCUT2D eigenvalue weighted by atomic mass is 10.1. The smallest absolute Gasteiger partial charge is 0.291 e. The van der Waals surface area contributed by atoms with Crippen molar-refractivity contribution in [2.24, 2.45) is 0 Å². The summed E-state index contributed by atoms with van der Waals surface area (Å²) in [5.41, 5.74) is 0. The molecule has 0 aliphatic rings. The third-order valence-corrected chi connectivity index (χ3v) is 3.45. The first-order valence-electron chi connectivity index (χ1n) is 7.22. The normalized spacial score (nSPS) is 12.4. The van der Waals surface area contributed by atoms with Crippen molar-refractivity contribution in [3.8, 4) is 0 Å². The van der Waals surface area contributed by atoms with Gasteiger partial charge in [-0.25, -0.2) is 9.50 Å². The van der Waals surface area contributed by atoms with E-state index < -0.39 is 0 Å². The minimum atomic E-state index is -0.291. The largest absolute Gasteiger partial charge is 0.349 e. The summed E-state index contributed by atoms with van der Waals surface area (Å²) < 4.78 is 3.40. The average molecular weight is 299 g/mol. The first-order chi connectivity index (χ1) is 10.8. The summed E-state index contributed by atoms with van der Waals surface area (Å²) in [7, 11) is 0. The maximum atomic E-state index is 12.1. The Bertz CT molecular complexity index is 716. The number of fused-ring (bicyclic) bond motifs is 1. The number of carbonyl (C=O) groups is 1. The summed E-state index contributed by atoms with van der Waals surface area (Å²) in [4.78, 5) is 20.2. The predicted molar refractivity (Wildman–Crippen MR) is 79.3 cm³/mol. The Hall–Kier alpha value is -2.77. The second-order valence-corrected chi connectivity index (χ2v) is 4.89. The van der Waals surface area contributed by atoms with E-state index in [1.807, 2.05) is 16.9 Å². The van der Waals surface area contributed by atoms with Crippen LogP contribution in [0.25, 0.3) is 5.78 Å². The third kappa shape index (κ3) is 2.95. The zero-order valence-electron chi connectivity index (χ0n) is 12.3. The molecule has 0 spiro atoms. The van der Waals surface area contributed by atoms with Crippen LogP contribution in [0.3, 0.4) is 0 Å². The molecule has 3 aromatic rings. The second-order valence-electron chi connectivity index (χ2n) is 4.89. The second kappa shape index (κ2) is 6.33. The highest BCUT2D eigenvalue weighted by Gasteiger charge is 2.14. The molecule has 0 fully saturated rings. The van der Waals surface area contributed by atoms with Gasteiger partial charge in [0.1, 0.15) is 0 Å². The van der Waals surface area contributed by atoms with Crippen molar-refractivity contribution in [3.05, 3.63) is 42.7 Å². The monoisotopic (exact) mass is 299 g/mol. The Morgan fingerprint density at radius 3 is 2.91 bits per heavy atom. The molecule has 1 atom stereocenters. The van der Waals surface area contributed by atoms with Crippen molar-refractivity contribution in [2.75, 3.05) is 6.54 Å². The number of hydrogen-bond acceptors (Lipinski definition) is 5. The van der Waals surface area contributed by atoms with Gasteiger partial charge in [-0.2, -0.15) is 10.1 Å². The van der Waals surface area contributed by atoms with Gasteiger partial charge in [-0.3, -0.25) is 9.48 Å². The van der Waals surface area contributed by atoms with Crippen LogP contribution in [0.1, 0.15) is 36.4 Å². The number of nitrogens with one attached hydrogen (secondary N) is 1. The SMILES string of the molecule is CCC(CCNC(=O)c1nc2ncccn2n1)n1cccn1. The molecule has 8 heteroatoms. The van der Waals surface area contributed by atoms with E-state index in [0.29, 0.717) is 12.3 Å². The van der Waals surface area contributed by atoms with Crippen molar-refractivity contribution < 1.29 is 4.79 Å². The van der Waals surface area contributed by atoms with E-state index in [4.69, 9.17) is 0 Å². The van der Waals surface area contributed by atoms with Crippen molar-refractivity contribution in [3.63, 3.8) is 0 Å². The lowest BCUT2D eigenvalue weighted by Gasteiger charge is -2.15. The molecular formula is C14H17N7O. The molecule has 0 aliphatic heterocycles. The van der Waals surface area contributed by atoms with E-state index in [-0.39, 0.29) is 17.8 Å². The van der Waals surface area contributed by atoms with Gasteiger partial charge in [-0.1, -0.05) is 6.92 Å². The predicted octanol–water partition coefficient (Wildman–Crippen LogP) is 1.09. The minimum absolute atomic E-state index is 0.130. The molecular weight excluding hydrogens is 282 g/mol. The van der Waals surface area contributed by atoms with Gasteiger partial charge in [0.2, 0.25) is 5.82 Å². The van der Waals surface area contributed by atoms with E-state index in [1.165, 1.54) is 4.52 Å². The highest BCUT2D eigenvalue weighted by molar-refractivity contribution is 5.90. The molecule has 1 unspecified atom stereocenters. The molecule has 1 amide bonds. The molecule has 3 heterocycles. The first-order valence-corrected chi connectivity index (χ1v) is 7.22. The van der Waals surface area contributed by atoms with Crippen LogP contribution < -0.4 is 5.32 Å². The number of amides is 1. The molecule has 114 valence electrons. The summed E-state index contributed by atoms with van der Waals surface area (Å²) in [6, 6.07) is 3.90. The fourth-order valence-corrected chi connectivity index (χ4v) is 2.28. The molecule has 1 N–H and O–H groups in total. The highest BCUT2D eigenvalue weighted by atomic mass is 16.2. The number of hydrogen-bond donors (Lipinski definition) is 1. The van der Waals surface area contributed by atoms with E-state index in [1.54, 1.807) is 24.7 Å². The summed E-state index contributed by atoms with van der Waals surface area (Å²) in [6.45, 7) is 2.64. The Labute approximate surface area is 127 Å². The van der Waals surface area contributed by atoms with Crippen LogP contribution >= 0.6 is 0 Å². The van der Waals surface area contributed by atoms with E-state index in [9.17, 15) is 4.79 Å². The molecule has 0 aliphatic carbocycles. The molecule has 0 radical (unpaired) electrons. The number of carbonyl (C=O) groups excluding carboxylic acids is 1. The fourth-order valence-electron chi connectivity index (χ4n) is 2.28. The van der Waals surface area contributed by atoms with Crippen molar-refractivity contribution in [2.45, 2.75) is 25.8 Å². The van der Waals surface area contributed by atoms with Gasteiger partial charge in [0, 0.05) is 31.3 Å². The van der Waals surface area contributed by atoms with Gasteiger partial charge < -0.3 is 5.32 Å². The number of nitrogens with zero attached hydrogens (tertiary/aromatic N) is 6. The molecule has 3 rings (SSSR count). The van der Waals surface area contributed by atoms with E-state index in [2.05, 4.69) is 32.4 Å². The third-order valence-electron chi connectivity index (χ3n) is 3.45. The molecule has 22 heavy (non-hydrogen) atoms. The Morgan fingerprint density at radius 2 is 2.18 bits per heavy atom. The Balaban J connectivity index is 1.58. The summed E-state index contributed by atoms with van der Waals surface area (Å²) in [5, 5.41) is 11.2. The van der Waals surface area contributed by atoms with Gasteiger partial charge in [0.15, 0.2) is 0 Å². The molecule has 0 saturated heterocycles. The van der Waals surface area contributed by atoms with E-state index >= 15 is 0 Å². The quantitative estimate of drug-likeness (QED) is 0.736. The lowest BCUT2D eigenvalue weighted by Crippen LogP contribution is -2.27. The fraction of sp³-hybridized carbons (Fsp3) is 0.357. The van der Waals surface area contributed by atoms with Gasteiger partial charge in [0.25, 0.3) is 11.7 Å². The zero-order valence-corrected chi connectivity index (χ0v) is 12.3. The molecule has 8 nitrogen and oxygen atoms in total. The average Bonchev–Trinajstić information content (AvgIpc) is 3.20. The summed E-state index contributed by atoms with van der Waals surface area (Å²) in [6.07, 6.45) is 8.77. The molecule has 0 aromatic carbocycles. The minimum Gasteiger partial charge on any atom is -0.349 e. The van der Waals surface area contributed by atoms with Gasteiger partial charge in [-0.05, 0) is 25.0 Å². The topological polar surface area (TPSA) is 90.0 Å². The maximum Gasteiger partial charge on any atom is 0.291 e. The number of aromatic nitrogens is 6. The van der Waals surface area contributed by atoms with Gasteiger partial charge in [0.05, 0.1) is 6.04 Å². The van der Waals surface area contributed by atoms with Crippen molar-refractivity contribution in [1.82, 2.24) is 34.7 Å². The first kappa shape index (κ1) is 14.2. The Kier molecular flexibility index (Phi) is 4.08. The standard InChI is InChI=1S/C14H17N7O/c1-2-11(20-9-4-7-17-20)5-8-15-13(22)12-18-14-16-6-3-10-21(14)19-12/h3-4,6-7,9-11H,2,5,8H2,1H3,(H,15,22). The van der Waals surface area contributed by atoms with Crippen LogP contribution in [-0.4, -0.2) is 41.8 Å². The summed E-state index contributed by atoms with van der Waals surface area (Å²) in [5.74, 6) is 0.252. The van der Waals surface area contributed by atoms with Crippen LogP contribution in [0.5, 0.6) is 0 Å².